The second-order valence-corrected chi connectivity index (χ2v) is 2.77. The highest BCUT2D eigenvalue weighted by Crippen LogP contribution is 2.29. The van der Waals surface area contributed by atoms with Crippen LogP contribution in [-0.4, -0.2) is 18.1 Å². The summed E-state index contributed by atoms with van der Waals surface area (Å²) in [5.41, 5.74) is 0.376. The van der Waals surface area contributed by atoms with Crippen molar-refractivity contribution in [2.45, 2.75) is 6.92 Å². The van der Waals surface area contributed by atoms with Gasteiger partial charge in [0.05, 0.1) is 23.8 Å². The van der Waals surface area contributed by atoms with Crippen molar-refractivity contribution in [1.29, 1.82) is 0 Å². The number of ether oxygens (including phenoxy) is 1. The maximum absolute atomic E-state index is 10.5. The molecular weight excluding hydrogens is 194 g/mol. The molecule has 0 radical (unpaired) electrons. The summed E-state index contributed by atoms with van der Waals surface area (Å²) in [6, 6.07) is 0. The van der Waals surface area contributed by atoms with Gasteiger partial charge in [-0.05, 0) is 6.92 Å². The van der Waals surface area contributed by atoms with Crippen molar-refractivity contribution in [3.63, 3.8) is 0 Å². The summed E-state index contributed by atoms with van der Waals surface area (Å²) in [4.78, 5) is 14.3. The van der Waals surface area contributed by atoms with Gasteiger partial charge in [0.2, 0.25) is 0 Å². The number of halogens is 1. The molecule has 0 fully saturated rings. The Hall–Kier alpha value is -1.29. The molecule has 0 aromatic carbocycles. The van der Waals surface area contributed by atoms with Gasteiger partial charge in [-0.25, -0.2) is 0 Å². The van der Waals surface area contributed by atoms with Crippen LogP contribution in [0.2, 0.25) is 5.02 Å². The van der Waals surface area contributed by atoms with E-state index in [9.17, 15) is 9.90 Å². The van der Waals surface area contributed by atoms with Gasteiger partial charge in [-0.2, -0.15) is 0 Å². The summed E-state index contributed by atoms with van der Waals surface area (Å²) in [5, 5.41) is 10.5. The average molecular weight is 201 g/mol. The topological polar surface area (TPSA) is 62.2 Å². The Labute approximate surface area is 80.1 Å². The molecule has 13 heavy (non-hydrogen) atoms. The fourth-order valence-electron chi connectivity index (χ4n) is 0.937. The molecule has 1 aromatic heterocycles. The van der Waals surface area contributed by atoms with Crippen molar-refractivity contribution in [3.05, 3.63) is 22.5 Å². The molecule has 0 aliphatic rings. The molecule has 0 aliphatic carbocycles. The molecule has 5 heteroatoms. The van der Waals surface area contributed by atoms with E-state index in [-0.39, 0.29) is 16.3 Å². The Balaban J connectivity index is 3.35. The fourth-order valence-corrected chi connectivity index (χ4v) is 1.28. The summed E-state index contributed by atoms with van der Waals surface area (Å²) in [7, 11) is 1.40. The lowest BCUT2D eigenvalue weighted by Crippen LogP contribution is -2.23. The van der Waals surface area contributed by atoms with Crippen LogP contribution in [0.25, 0.3) is 0 Å². The smallest absolute Gasteiger partial charge is 0.159 e. The second-order valence-electron chi connectivity index (χ2n) is 2.39. The number of carbonyl (C=O) groups is 1. The number of aryl methyl sites for hydroxylation is 1. The number of aromatic carboxylic acids is 1. The fraction of sp³-hybridized carbons (Fsp3) is 0.250. The van der Waals surface area contributed by atoms with Crippen LogP contribution in [0.5, 0.6) is 5.75 Å². The van der Waals surface area contributed by atoms with E-state index in [1.165, 1.54) is 7.11 Å². The number of carboxylic acids is 1. The predicted octanol–water partition coefficient (Wildman–Crippen LogP) is 0.416. The van der Waals surface area contributed by atoms with E-state index in [4.69, 9.17) is 16.3 Å². The van der Waals surface area contributed by atoms with Crippen LogP contribution in [0.1, 0.15) is 16.1 Å². The van der Waals surface area contributed by atoms with Gasteiger partial charge in [0, 0.05) is 11.8 Å². The number of carbonyl (C=O) groups excluding carboxylic acids is 1. The summed E-state index contributed by atoms with van der Waals surface area (Å²) in [6.07, 6.45) is 1.15. The van der Waals surface area contributed by atoms with E-state index in [1.807, 2.05) is 0 Å². The zero-order valence-corrected chi connectivity index (χ0v) is 7.88. The molecule has 0 bridgehead atoms. The molecule has 0 amide bonds. The minimum atomic E-state index is -1.36. The second kappa shape index (κ2) is 3.62. The van der Waals surface area contributed by atoms with Crippen molar-refractivity contribution >= 4 is 17.6 Å². The quantitative estimate of drug-likeness (QED) is 0.694. The van der Waals surface area contributed by atoms with E-state index < -0.39 is 5.97 Å². The highest BCUT2D eigenvalue weighted by atomic mass is 35.5. The van der Waals surface area contributed by atoms with Crippen LogP contribution in [0.15, 0.2) is 6.20 Å². The van der Waals surface area contributed by atoms with Gasteiger partial charge < -0.3 is 14.6 Å². The molecule has 0 unspecified atom stereocenters. The third-order valence-corrected chi connectivity index (χ3v) is 1.95. The lowest BCUT2D eigenvalue weighted by atomic mass is 10.2. The summed E-state index contributed by atoms with van der Waals surface area (Å²) in [6.45, 7) is 1.67. The number of pyridine rings is 1. The first-order chi connectivity index (χ1) is 6.07. The van der Waals surface area contributed by atoms with Crippen molar-refractivity contribution < 1.29 is 14.6 Å². The van der Waals surface area contributed by atoms with Crippen molar-refractivity contribution in [2.24, 2.45) is 0 Å². The molecule has 0 saturated heterocycles. The number of hydrogen-bond donors (Lipinski definition) is 0. The average Bonchev–Trinajstić information content (AvgIpc) is 2.04. The van der Waals surface area contributed by atoms with Crippen LogP contribution in [-0.2, 0) is 0 Å². The largest absolute Gasteiger partial charge is 0.545 e. The third kappa shape index (κ3) is 1.72. The molecule has 1 rings (SSSR count). The standard InChI is InChI=1S/C8H8ClNO3/c1-4-7(13-2)6(9)5(3-10-4)8(11)12/h3H,1-2H3,(H,11,12)/p-1. The number of nitrogens with zero attached hydrogens (tertiary/aromatic N) is 1. The first kappa shape index (κ1) is 9.80. The molecule has 0 saturated carbocycles. The molecule has 1 aromatic rings. The molecule has 0 N–H and O–H groups in total. The zero-order valence-electron chi connectivity index (χ0n) is 7.13. The molecule has 70 valence electrons. The van der Waals surface area contributed by atoms with Crippen LogP contribution in [0, 0.1) is 6.92 Å². The first-order valence-electron chi connectivity index (χ1n) is 3.48. The molecule has 0 atom stereocenters. The first-order valence-corrected chi connectivity index (χ1v) is 3.86. The van der Waals surface area contributed by atoms with E-state index in [2.05, 4.69) is 4.98 Å². The number of carboxylic acid groups (broad SMARTS) is 1. The Morgan fingerprint density at radius 2 is 2.31 bits per heavy atom. The normalized spacial score (nSPS) is 9.77. The van der Waals surface area contributed by atoms with Gasteiger partial charge in [0.15, 0.2) is 5.75 Å². The van der Waals surface area contributed by atoms with Crippen LogP contribution in [0.3, 0.4) is 0 Å². The molecule has 0 aliphatic heterocycles. The van der Waals surface area contributed by atoms with E-state index in [1.54, 1.807) is 6.92 Å². The van der Waals surface area contributed by atoms with Gasteiger partial charge in [-0.3, -0.25) is 4.98 Å². The minimum absolute atomic E-state index is 0.0231. The summed E-state index contributed by atoms with van der Waals surface area (Å²) in [5.74, 6) is -1.10. The van der Waals surface area contributed by atoms with Crippen molar-refractivity contribution in [3.8, 4) is 5.75 Å². The minimum Gasteiger partial charge on any atom is -0.545 e. The number of aromatic nitrogens is 1. The van der Waals surface area contributed by atoms with Crippen LogP contribution in [0.4, 0.5) is 0 Å². The Morgan fingerprint density at radius 1 is 1.69 bits per heavy atom. The van der Waals surface area contributed by atoms with Gasteiger partial charge in [0.25, 0.3) is 0 Å². The lowest BCUT2D eigenvalue weighted by molar-refractivity contribution is -0.255. The monoisotopic (exact) mass is 200 g/mol. The number of methoxy groups -OCH3 is 1. The molecule has 1 heterocycles. The van der Waals surface area contributed by atoms with Gasteiger partial charge in [-0.15, -0.1) is 0 Å². The van der Waals surface area contributed by atoms with Gasteiger partial charge in [-0.1, -0.05) is 11.6 Å². The molecule has 4 nitrogen and oxygen atoms in total. The van der Waals surface area contributed by atoms with Gasteiger partial charge in [0.1, 0.15) is 0 Å². The highest BCUT2D eigenvalue weighted by molar-refractivity contribution is 6.34. The van der Waals surface area contributed by atoms with E-state index >= 15 is 0 Å². The van der Waals surface area contributed by atoms with E-state index in [0.717, 1.165) is 6.20 Å². The summed E-state index contributed by atoms with van der Waals surface area (Å²) >= 11 is 5.72. The Kier molecular flexibility index (Phi) is 2.72. The third-order valence-electron chi connectivity index (χ3n) is 1.58. The van der Waals surface area contributed by atoms with E-state index in [0.29, 0.717) is 5.69 Å². The predicted molar refractivity (Wildman–Crippen MR) is 44.9 cm³/mol. The SMILES string of the molecule is COc1c(C)ncc(C(=O)[O-])c1Cl. The van der Waals surface area contributed by atoms with Crippen molar-refractivity contribution in [1.82, 2.24) is 4.98 Å². The van der Waals surface area contributed by atoms with Crippen LogP contribution < -0.4 is 9.84 Å². The van der Waals surface area contributed by atoms with Gasteiger partial charge >= 0.3 is 0 Å². The highest BCUT2D eigenvalue weighted by Gasteiger charge is 2.11. The number of rotatable bonds is 2. The lowest BCUT2D eigenvalue weighted by Gasteiger charge is -2.10. The molecule has 0 spiro atoms. The van der Waals surface area contributed by atoms with Crippen molar-refractivity contribution in [2.75, 3.05) is 7.11 Å². The maximum atomic E-state index is 10.5. The summed E-state index contributed by atoms with van der Waals surface area (Å²) < 4.78 is 4.88. The Bertz CT molecular complexity index is 351. The zero-order chi connectivity index (χ0) is 10.0. The number of hydrogen-bond acceptors (Lipinski definition) is 4. The molecular formula is C8H7ClNO3-. The van der Waals surface area contributed by atoms with Crippen LogP contribution >= 0.6 is 11.6 Å². The maximum Gasteiger partial charge on any atom is 0.159 e. The Morgan fingerprint density at radius 3 is 2.77 bits per heavy atom.